The van der Waals surface area contributed by atoms with E-state index in [1.807, 2.05) is 0 Å². The van der Waals surface area contributed by atoms with E-state index in [9.17, 15) is 10.1 Å². The van der Waals surface area contributed by atoms with Gasteiger partial charge in [-0.05, 0) is 17.8 Å². The van der Waals surface area contributed by atoms with Gasteiger partial charge >= 0.3 is 5.00 Å². The molecule has 1 unspecified atom stereocenters. The van der Waals surface area contributed by atoms with Crippen molar-refractivity contribution in [2.24, 2.45) is 5.73 Å². The molecule has 6 nitrogen and oxygen atoms in total. The van der Waals surface area contributed by atoms with Gasteiger partial charge in [-0.25, -0.2) is 4.98 Å². The van der Waals surface area contributed by atoms with Crippen molar-refractivity contribution in [3.05, 3.63) is 16.3 Å². The molecular weight excluding hydrogens is 228 g/mol. The van der Waals surface area contributed by atoms with Crippen LogP contribution in [0.1, 0.15) is 26.2 Å². The molecule has 1 atom stereocenters. The standard InChI is InChI=1S/C9H16N4O2S/c1-2-3-4-7(5-10)12-9-11-6-8(16-9)13(14)15/h6-7H,2-5,10H2,1H3,(H,11,12). The zero-order valence-corrected chi connectivity index (χ0v) is 10.00. The quantitative estimate of drug-likeness (QED) is 0.565. The van der Waals surface area contributed by atoms with Crippen LogP contribution >= 0.6 is 11.3 Å². The number of thiazole rings is 1. The van der Waals surface area contributed by atoms with Crippen LogP contribution in [0.3, 0.4) is 0 Å². The van der Waals surface area contributed by atoms with E-state index in [-0.39, 0.29) is 11.0 Å². The topological polar surface area (TPSA) is 94.1 Å². The molecule has 3 N–H and O–H groups in total. The third-order valence-electron chi connectivity index (χ3n) is 2.19. The van der Waals surface area contributed by atoms with E-state index in [0.717, 1.165) is 30.6 Å². The molecule has 1 rings (SSSR count). The minimum absolute atomic E-state index is 0.0498. The molecule has 1 aromatic rings. The van der Waals surface area contributed by atoms with Crippen LogP contribution in [0.2, 0.25) is 0 Å². The summed E-state index contributed by atoms with van der Waals surface area (Å²) in [5, 5.41) is 14.2. The molecule has 0 fully saturated rings. The molecule has 1 heterocycles. The number of aromatic nitrogens is 1. The van der Waals surface area contributed by atoms with Gasteiger partial charge in [0.15, 0.2) is 5.13 Å². The van der Waals surface area contributed by atoms with Gasteiger partial charge in [0.05, 0.1) is 4.92 Å². The van der Waals surface area contributed by atoms with E-state index >= 15 is 0 Å². The number of hydrogen-bond acceptors (Lipinski definition) is 6. The summed E-state index contributed by atoms with van der Waals surface area (Å²) < 4.78 is 0. The second-order valence-corrected chi connectivity index (χ2v) is 4.49. The average molecular weight is 244 g/mol. The highest BCUT2D eigenvalue weighted by Gasteiger charge is 2.13. The fourth-order valence-corrected chi connectivity index (χ4v) is 2.00. The van der Waals surface area contributed by atoms with Crippen LogP contribution in [0.25, 0.3) is 0 Å². The molecule has 0 radical (unpaired) electrons. The molecule has 7 heteroatoms. The molecule has 16 heavy (non-hydrogen) atoms. The molecular formula is C9H16N4O2S. The van der Waals surface area contributed by atoms with Crippen molar-refractivity contribution in [3.63, 3.8) is 0 Å². The summed E-state index contributed by atoms with van der Waals surface area (Å²) in [5.41, 5.74) is 5.61. The Bertz CT molecular complexity index is 342. The van der Waals surface area contributed by atoms with Crippen molar-refractivity contribution in [1.29, 1.82) is 0 Å². The molecule has 0 aromatic carbocycles. The summed E-state index contributed by atoms with van der Waals surface area (Å²) in [4.78, 5) is 14.0. The van der Waals surface area contributed by atoms with E-state index in [1.54, 1.807) is 0 Å². The van der Waals surface area contributed by atoms with Gasteiger partial charge in [0, 0.05) is 12.6 Å². The zero-order valence-electron chi connectivity index (χ0n) is 9.18. The molecule has 0 bridgehead atoms. The molecule has 0 aliphatic rings. The molecule has 0 aliphatic carbocycles. The van der Waals surface area contributed by atoms with Gasteiger partial charge < -0.3 is 11.1 Å². The van der Waals surface area contributed by atoms with Gasteiger partial charge in [-0.2, -0.15) is 0 Å². The number of nitrogens with two attached hydrogens (primary N) is 1. The van der Waals surface area contributed by atoms with Crippen molar-refractivity contribution in [2.45, 2.75) is 32.2 Å². The van der Waals surface area contributed by atoms with Gasteiger partial charge in [0.25, 0.3) is 0 Å². The molecule has 0 spiro atoms. The van der Waals surface area contributed by atoms with Crippen LogP contribution in [0.5, 0.6) is 0 Å². The fourth-order valence-electron chi connectivity index (χ4n) is 1.29. The highest BCUT2D eigenvalue weighted by Crippen LogP contribution is 2.25. The van der Waals surface area contributed by atoms with Gasteiger partial charge in [0.2, 0.25) is 0 Å². The average Bonchev–Trinajstić information content (AvgIpc) is 2.72. The van der Waals surface area contributed by atoms with Crippen LogP contribution in [0.4, 0.5) is 10.1 Å². The summed E-state index contributed by atoms with van der Waals surface area (Å²) >= 11 is 1.04. The maximum atomic E-state index is 10.5. The predicted octanol–water partition coefficient (Wildman–Crippen LogP) is 1.98. The number of nitro groups is 1. The minimum atomic E-state index is -0.438. The molecule has 0 saturated carbocycles. The first-order valence-electron chi connectivity index (χ1n) is 5.24. The van der Waals surface area contributed by atoms with Gasteiger partial charge in [0.1, 0.15) is 6.20 Å². The third kappa shape index (κ3) is 3.74. The van der Waals surface area contributed by atoms with Crippen LogP contribution in [0.15, 0.2) is 6.20 Å². The predicted molar refractivity (Wildman–Crippen MR) is 64.8 cm³/mol. The number of unbranched alkanes of at least 4 members (excludes halogenated alkanes) is 1. The lowest BCUT2D eigenvalue weighted by atomic mass is 10.1. The maximum absolute atomic E-state index is 10.5. The summed E-state index contributed by atoms with van der Waals surface area (Å²) in [6.07, 6.45) is 4.42. The Morgan fingerprint density at radius 1 is 1.75 bits per heavy atom. The first kappa shape index (κ1) is 12.9. The van der Waals surface area contributed by atoms with Crippen molar-refractivity contribution < 1.29 is 4.92 Å². The molecule has 0 aliphatic heterocycles. The second-order valence-electron chi connectivity index (χ2n) is 3.48. The molecule has 90 valence electrons. The highest BCUT2D eigenvalue weighted by molar-refractivity contribution is 7.18. The number of anilines is 1. The summed E-state index contributed by atoms with van der Waals surface area (Å²) in [5.74, 6) is 0. The number of rotatable bonds is 7. The Labute approximate surface area is 98.0 Å². The highest BCUT2D eigenvalue weighted by atomic mass is 32.1. The van der Waals surface area contributed by atoms with E-state index < -0.39 is 4.92 Å². The largest absolute Gasteiger partial charge is 0.357 e. The summed E-state index contributed by atoms with van der Waals surface area (Å²) in [7, 11) is 0. The van der Waals surface area contributed by atoms with Crippen molar-refractivity contribution in [1.82, 2.24) is 4.98 Å². The fraction of sp³-hybridized carbons (Fsp3) is 0.667. The normalized spacial score (nSPS) is 12.4. The Morgan fingerprint density at radius 3 is 3.00 bits per heavy atom. The van der Waals surface area contributed by atoms with E-state index in [4.69, 9.17) is 5.73 Å². The SMILES string of the molecule is CCCCC(CN)Nc1ncc([N+](=O)[O-])s1. The number of nitrogens with one attached hydrogen (secondary N) is 1. The zero-order chi connectivity index (χ0) is 12.0. The van der Waals surface area contributed by atoms with Gasteiger partial charge in [-0.15, -0.1) is 0 Å². The van der Waals surface area contributed by atoms with E-state index in [0.29, 0.717) is 11.7 Å². The van der Waals surface area contributed by atoms with Crippen LogP contribution < -0.4 is 11.1 Å². The van der Waals surface area contributed by atoms with Crippen LogP contribution in [-0.2, 0) is 0 Å². The van der Waals surface area contributed by atoms with Crippen LogP contribution in [-0.4, -0.2) is 22.5 Å². The van der Waals surface area contributed by atoms with E-state index in [2.05, 4.69) is 17.2 Å². The van der Waals surface area contributed by atoms with Gasteiger partial charge in [-0.3, -0.25) is 10.1 Å². The van der Waals surface area contributed by atoms with Crippen LogP contribution in [0, 0.1) is 10.1 Å². The van der Waals surface area contributed by atoms with Crippen molar-refractivity contribution in [2.75, 3.05) is 11.9 Å². The first-order chi connectivity index (χ1) is 7.67. The number of nitrogens with zero attached hydrogens (tertiary/aromatic N) is 2. The lowest BCUT2D eigenvalue weighted by molar-refractivity contribution is -0.380. The lowest BCUT2D eigenvalue weighted by Crippen LogP contribution is -2.28. The second kappa shape index (κ2) is 6.39. The smallest absolute Gasteiger partial charge is 0.345 e. The van der Waals surface area contributed by atoms with Crippen molar-refractivity contribution in [3.8, 4) is 0 Å². The molecule has 1 aromatic heterocycles. The Hall–Kier alpha value is -1.21. The minimum Gasteiger partial charge on any atom is -0.357 e. The van der Waals surface area contributed by atoms with E-state index in [1.165, 1.54) is 6.20 Å². The first-order valence-corrected chi connectivity index (χ1v) is 6.05. The molecule has 0 amide bonds. The van der Waals surface area contributed by atoms with Crippen molar-refractivity contribution >= 4 is 21.5 Å². The molecule has 0 saturated heterocycles. The third-order valence-corrected chi connectivity index (χ3v) is 3.07. The Morgan fingerprint density at radius 2 is 2.50 bits per heavy atom. The Balaban J connectivity index is 2.52. The monoisotopic (exact) mass is 244 g/mol. The number of hydrogen-bond donors (Lipinski definition) is 2. The van der Waals surface area contributed by atoms with Gasteiger partial charge in [-0.1, -0.05) is 19.8 Å². The maximum Gasteiger partial charge on any atom is 0.345 e. The lowest BCUT2D eigenvalue weighted by Gasteiger charge is -2.14. The summed E-state index contributed by atoms with van der Waals surface area (Å²) in [6, 6.07) is 0.144. The Kier molecular flexibility index (Phi) is 5.13. The summed E-state index contributed by atoms with van der Waals surface area (Å²) in [6.45, 7) is 2.62.